The third-order valence-electron chi connectivity index (χ3n) is 3.96. The number of rotatable bonds is 3. The lowest BCUT2D eigenvalue weighted by Crippen LogP contribution is -2.44. The highest BCUT2D eigenvalue weighted by Gasteiger charge is 2.26. The van der Waals surface area contributed by atoms with E-state index in [1.165, 1.54) is 0 Å². The molecule has 0 bridgehead atoms. The Balaban J connectivity index is 1.66. The van der Waals surface area contributed by atoms with Gasteiger partial charge in [-0.25, -0.2) is 4.98 Å². The van der Waals surface area contributed by atoms with E-state index < -0.39 is 0 Å². The summed E-state index contributed by atoms with van der Waals surface area (Å²) in [6.45, 7) is 3.05. The van der Waals surface area contributed by atoms with Crippen molar-refractivity contribution >= 4 is 5.91 Å². The number of carbonyl (C=O) groups excluding carboxylic acids is 1. The summed E-state index contributed by atoms with van der Waals surface area (Å²) in [5.41, 5.74) is 1.14. The highest BCUT2D eigenvalue weighted by atomic mass is 16.5. The quantitative estimate of drug-likeness (QED) is 0.866. The molecular formula is C18H18N4O2. The zero-order valence-electron chi connectivity index (χ0n) is 13.5. The van der Waals surface area contributed by atoms with Crippen LogP contribution in [0.25, 0.3) is 0 Å². The van der Waals surface area contributed by atoms with Crippen LogP contribution in [0.2, 0.25) is 0 Å². The van der Waals surface area contributed by atoms with E-state index in [1.807, 2.05) is 6.92 Å². The van der Waals surface area contributed by atoms with Crippen LogP contribution in [0.3, 0.4) is 0 Å². The number of benzene rings is 1. The lowest BCUT2D eigenvalue weighted by molar-refractivity contribution is 0.0527. The molecule has 0 N–H and O–H groups in total. The number of hydrogen-bond donors (Lipinski definition) is 0. The number of aromatic nitrogens is 2. The van der Waals surface area contributed by atoms with Crippen molar-refractivity contribution < 1.29 is 9.53 Å². The summed E-state index contributed by atoms with van der Waals surface area (Å²) >= 11 is 0. The molecule has 1 saturated heterocycles. The first-order valence-corrected chi connectivity index (χ1v) is 7.91. The summed E-state index contributed by atoms with van der Waals surface area (Å²) in [5, 5.41) is 8.84. The second kappa shape index (κ2) is 7.09. The Morgan fingerprint density at radius 3 is 2.83 bits per heavy atom. The molecule has 0 aliphatic carbocycles. The van der Waals surface area contributed by atoms with Crippen LogP contribution in [0, 0.1) is 18.3 Å². The zero-order chi connectivity index (χ0) is 16.9. The molecule has 122 valence electrons. The molecule has 0 radical (unpaired) electrons. The molecule has 1 atom stereocenters. The van der Waals surface area contributed by atoms with E-state index >= 15 is 0 Å². The molecule has 1 aliphatic heterocycles. The van der Waals surface area contributed by atoms with Gasteiger partial charge in [-0.15, -0.1) is 0 Å². The number of amides is 1. The zero-order valence-corrected chi connectivity index (χ0v) is 13.5. The summed E-state index contributed by atoms with van der Waals surface area (Å²) in [6, 6.07) is 10.5. The van der Waals surface area contributed by atoms with Crippen LogP contribution in [-0.2, 0) is 0 Å². The van der Waals surface area contributed by atoms with E-state index in [4.69, 9.17) is 10.00 Å². The minimum atomic E-state index is -0.0737. The maximum Gasteiger partial charge on any atom is 0.253 e. The van der Waals surface area contributed by atoms with Crippen LogP contribution in [0.1, 0.15) is 34.6 Å². The smallest absolute Gasteiger partial charge is 0.253 e. The van der Waals surface area contributed by atoms with Crippen molar-refractivity contribution in [2.24, 2.45) is 0 Å². The van der Waals surface area contributed by atoms with Gasteiger partial charge in [-0.3, -0.25) is 4.79 Å². The van der Waals surface area contributed by atoms with Crippen molar-refractivity contribution in [2.45, 2.75) is 25.9 Å². The first-order valence-electron chi connectivity index (χ1n) is 7.91. The first kappa shape index (κ1) is 15.9. The number of piperidine rings is 1. The average Bonchev–Trinajstić information content (AvgIpc) is 2.61. The number of aryl methyl sites for hydroxylation is 1. The Morgan fingerprint density at radius 1 is 1.33 bits per heavy atom. The molecule has 3 rings (SSSR count). The lowest BCUT2D eigenvalue weighted by atomic mass is 10.1. The predicted octanol–water partition coefficient (Wildman–Crippen LogP) is 2.34. The molecule has 1 fully saturated rings. The summed E-state index contributed by atoms with van der Waals surface area (Å²) < 4.78 is 5.90. The molecule has 6 nitrogen and oxygen atoms in total. The second-order valence-corrected chi connectivity index (χ2v) is 5.76. The SMILES string of the molecule is Cc1nccc(OC2CCCN(C(=O)c3ccc(C#N)cc3)C2)n1. The normalized spacial score (nSPS) is 17.2. The van der Waals surface area contributed by atoms with Gasteiger partial charge in [-0.2, -0.15) is 10.2 Å². The third-order valence-corrected chi connectivity index (χ3v) is 3.96. The van der Waals surface area contributed by atoms with Crippen molar-refractivity contribution in [3.05, 3.63) is 53.5 Å². The predicted molar refractivity (Wildman–Crippen MR) is 87.5 cm³/mol. The van der Waals surface area contributed by atoms with Crippen LogP contribution >= 0.6 is 0 Å². The summed E-state index contributed by atoms with van der Waals surface area (Å²) in [4.78, 5) is 22.7. The molecule has 1 aliphatic rings. The van der Waals surface area contributed by atoms with Gasteiger partial charge in [-0.1, -0.05) is 0 Å². The molecule has 0 saturated carbocycles. The largest absolute Gasteiger partial charge is 0.472 e. The number of hydrogen-bond acceptors (Lipinski definition) is 5. The molecule has 1 aromatic carbocycles. The topological polar surface area (TPSA) is 79.1 Å². The van der Waals surface area contributed by atoms with Gasteiger partial charge in [0, 0.05) is 24.4 Å². The van der Waals surface area contributed by atoms with Gasteiger partial charge in [0.15, 0.2) is 0 Å². The Bertz CT molecular complexity index is 767. The maximum absolute atomic E-state index is 12.6. The fourth-order valence-corrected chi connectivity index (χ4v) is 2.76. The first-order chi connectivity index (χ1) is 11.7. The molecule has 2 heterocycles. The Labute approximate surface area is 140 Å². The number of nitrogens with zero attached hydrogens (tertiary/aromatic N) is 4. The van der Waals surface area contributed by atoms with Crippen molar-refractivity contribution in [1.29, 1.82) is 5.26 Å². The van der Waals surface area contributed by atoms with E-state index in [0.29, 0.717) is 35.9 Å². The van der Waals surface area contributed by atoms with Gasteiger partial charge >= 0.3 is 0 Å². The third kappa shape index (κ3) is 3.69. The molecule has 0 spiro atoms. The summed E-state index contributed by atoms with van der Waals surface area (Å²) in [7, 11) is 0. The highest BCUT2D eigenvalue weighted by Crippen LogP contribution is 2.18. The van der Waals surface area contributed by atoms with Crippen LogP contribution in [0.5, 0.6) is 5.88 Å². The van der Waals surface area contributed by atoms with Crippen LogP contribution in [0.4, 0.5) is 0 Å². The summed E-state index contributed by atoms with van der Waals surface area (Å²) in [5.74, 6) is 1.17. The van der Waals surface area contributed by atoms with Crippen LogP contribution < -0.4 is 4.74 Å². The summed E-state index contributed by atoms with van der Waals surface area (Å²) in [6.07, 6.45) is 3.37. The molecular weight excluding hydrogens is 304 g/mol. The van der Waals surface area contributed by atoms with Gasteiger partial charge in [0.1, 0.15) is 11.9 Å². The molecule has 1 aromatic heterocycles. The van der Waals surface area contributed by atoms with Crippen LogP contribution in [-0.4, -0.2) is 40.0 Å². The molecule has 6 heteroatoms. The number of nitriles is 1. The highest BCUT2D eigenvalue weighted by molar-refractivity contribution is 5.94. The number of likely N-dealkylation sites (tertiary alicyclic amines) is 1. The molecule has 1 unspecified atom stereocenters. The van der Waals surface area contributed by atoms with Crippen LogP contribution in [0.15, 0.2) is 36.5 Å². The molecule has 24 heavy (non-hydrogen) atoms. The maximum atomic E-state index is 12.6. The van der Waals surface area contributed by atoms with E-state index in [1.54, 1.807) is 41.4 Å². The van der Waals surface area contributed by atoms with Crippen molar-refractivity contribution in [3.8, 4) is 11.9 Å². The van der Waals surface area contributed by atoms with E-state index in [2.05, 4.69) is 16.0 Å². The van der Waals surface area contributed by atoms with Gasteiger partial charge in [0.25, 0.3) is 5.91 Å². The number of carbonyl (C=O) groups is 1. The van der Waals surface area contributed by atoms with Crippen molar-refractivity contribution in [1.82, 2.24) is 14.9 Å². The van der Waals surface area contributed by atoms with E-state index in [9.17, 15) is 4.79 Å². The van der Waals surface area contributed by atoms with E-state index in [0.717, 1.165) is 12.8 Å². The number of ether oxygens (including phenoxy) is 1. The van der Waals surface area contributed by atoms with Gasteiger partial charge in [0.05, 0.1) is 18.2 Å². The van der Waals surface area contributed by atoms with E-state index in [-0.39, 0.29) is 12.0 Å². The van der Waals surface area contributed by atoms with Crippen molar-refractivity contribution in [3.63, 3.8) is 0 Å². The Morgan fingerprint density at radius 2 is 2.12 bits per heavy atom. The monoisotopic (exact) mass is 322 g/mol. The second-order valence-electron chi connectivity index (χ2n) is 5.76. The molecule has 1 amide bonds. The molecule has 2 aromatic rings. The van der Waals surface area contributed by atoms with Crippen molar-refractivity contribution in [2.75, 3.05) is 13.1 Å². The Hall–Kier alpha value is -2.94. The Kier molecular flexibility index (Phi) is 4.71. The standard InChI is InChI=1S/C18H18N4O2/c1-13-20-9-8-17(21-13)24-16-3-2-10-22(12-16)18(23)15-6-4-14(11-19)5-7-15/h4-9,16H,2-3,10,12H2,1H3. The van der Waals surface area contributed by atoms with Gasteiger partial charge < -0.3 is 9.64 Å². The van der Waals surface area contributed by atoms with Gasteiger partial charge in [-0.05, 0) is 44.0 Å². The minimum Gasteiger partial charge on any atom is -0.472 e. The van der Waals surface area contributed by atoms with Gasteiger partial charge in [0.2, 0.25) is 5.88 Å². The lowest BCUT2D eigenvalue weighted by Gasteiger charge is -2.32. The fourth-order valence-electron chi connectivity index (χ4n) is 2.76. The fraction of sp³-hybridized carbons (Fsp3) is 0.333. The minimum absolute atomic E-state index is 0.0355. The average molecular weight is 322 g/mol.